The number of hydrogen-bond donors (Lipinski definition) is 2. The van der Waals surface area contributed by atoms with Gasteiger partial charge in [0.25, 0.3) is 0 Å². The lowest BCUT2D eigenvalue weighted by Crippen LogP contribution is -2.24. The highest BCUT2D eigenvalue weighted by Gasteiger charge is 2.22. The number of nitrogens with zero attached hydrogens (tertiary/aromatic N) is 4. The van der Waals surface area contributed by atoms with Crippen LogP contribution in [0.4, 0.5) is 5.69 Å². The predicted molar refractivity (Wildman–Crippen MR) is 125 cm³/mol. The molecule has 1 atom stereocenters. The Bertz CT molecular complexity index is 1260. The summed E-state index contributed by atoms with van der Waals surface area (Å²) in [6.45, 7) is 2.85. The van der Waals surface area contributed by atoms with Gasteiger partial charge in [-0.2, -0.15) is 5.10 Å². The average molecular weight is 451 g/mol. The Morgan fingerprint density at radius 2 is 2.19 bits per heavy atom. The van der Waals surface area contributed by atoms with E-state index in [2.05, 4.69) is 26.3 Å². The molecule has 0 saturated carbocycles. The minimum absolute atomic E-state index is 0.156. The molecule has 5 rings (SSSR count). The van der Waals surface area contributed by atoms with Crippen LogP contribution in [0.2, 0.25) is 0 Å². The second-order valence-electron chi connectivity index (χ2n) is 7.64. The summed E-state index contributed by atoms with van der Waals surface area (Å²) in [6, 6.07) is 11.2. The Labute approximate surface area is 188 Å². The van der Waals surface area contributed by atoms with Gasteiger partial charge in [0.1, 0.15) is 11.9 Å². The van der Waals surface area contributed by atoms with E-state index in [1.807, 2.05) is 48.7 Å². The molecule has 3 aromatic heterocycles. The molecular weight excluding hydrogens is 428 g/mol. The Hall–Kier alpha value is -3.04. The number of fused-ring (bicyclic) bond motifs is 1. The van der Waals surface area contributed by atoms with E-state index in [1.54, 1.807) is 15.9 Å². The van der Waals surface area contributed by atoms with E-state index < -0.39 is 6.04 Å². The summed E-state index contributed by atoms with van der Waals surface area (Å²) in [4.78, 5) is 18.8. The molecule has 0 fully saturated rings. The maximum Gasteiger partial charge on any atom is 0.247 e. The number of aromatic amines is 1. The number of H-pyrrole nitrogens is 1. The van der Waals surface area contributed by atoms with Crippen molar-refractivity contribution in [3.05, 3.63) is 58.6 Å². The van der Waals surface area contributed by atoms with Crippen LogP contribution in [0.1, 0.15) is 31.6 Å². The third kappa shape index (κ3) is 3.86. The van der Waals surface area contributed by atoms with E-state index in [0.717, 1.165) is 40.6 Å². The zero-order valence-electron chi connectivity index (χ0n) is 17.0. The largest absolute Gasteiger partial charge is 0.334 e. The van der Waals surface area contributed by atoms with Gasteiger partial charge in [0.05, 0.1) is 10.6 Å². The van der Waals surface area contributed by atoms with Crippen molar-refractivity contribution in [1.82, 2.24) is 24.3 Å². The van der Waals surface area contributed by atoms with Gasteiger partial charge < -0.3 is 9.88 Å². The van der Waals surface area contributed by atoms with E-state index in [4.69, 9.17) is 17.2 Å². The molecule has 2 N–H and O–H groups in total. The fraction of sp³-hybridized carbons (Fsp3) is 0.273. The Kier molecular flexibility index (Phi) is 5.29. The lowest BCUT2D eigenvalue weighted by molar-refractivity contribution is -0.118. The number of hydrogen-bond acceptors (Lipinski definition) is 5. The average Bonchev–Trinajstić information content (AvgIpc) is 3.52. The number of imidazole rings is 1. The minimum Gasteiger partial charge on any atom is -0.334 e. The van der Waals surface area contributed by atoms with Crippen LogP contribution in [-0.4, -0.2) is 30.2 Å². The smallest absolute Gasteiger partial charge is 0.247 e. The number of rotatable bonds is 5. The third-order valence-corrected chi connectivity index (χ3v) is 6.70. The molecule has 1 amide bonds. The molecule has 1 aliphatic rings. The van der Waals surface area contributed by atoms with Crippen LogP contribution >= 0.6 is 23.6 Å². The lowest BCUT2D eigenvalue weighted by Gasteiger charge is -2.15. The highest BCUT2D eigenvalue weighted by Crippen LogP contribution is 2.27. The highest BCUT2D eigenvalue weighted by molar-refractivity contribution is 7.71. The standard InChI is InChI=1S/C22H22N6OS2/c1-14(28-20(25-26-22(28)30)18-8-5-11-31-18)21(29)23-16-7-4-6-15(12-16)17-13-27-10-3-2-9-19(27)24-17/h4-8,11-14H,2-3,9-10H2,1H3,(H,23,29)(H,26,30). The van der Waals surface area contributed by atoms with Gasteiger partial charge in [-0.1, -0.05) is 18.2 Å². The summed E-state index contributed by atoms with van der Waals surface area (Å²) in [5.74, 6) is 1.65. The minimum atomic E-state index is -0.521. The first-order valence-electron chi connectivity index (χ1n) is 10.3. The number of carbonyl (C=O) groups excluding carboxylic acids is 1. The molecule has 0 aliphatic carbocycles. The third-order valence-electron chi connectivity index (χ3n) is 5.55. The Morgan fingerprint density at radius 1 is 1.29 bits per heavy atom. The molecule has 1 unspecified atom stereocenters. The van der Waals surface area contributed by atoms with Gasteiger partial charge in [-0.05, 0) is 55.6 Å². The fourth-order valence-corrected chi connectivity index (χ4v) is 4.92. The van der Waals surface area contributed by atoms with E-state index in [0.29, 0.717) is 10.6 Å². The number of anilines is 1. The lowest BCUT2D eigenvalue weighted by atomic mass is 10.1. The first-order chi connectivity index (χ1) is 15.1. The van der Waals surface area contributed by atoms with Crippen LogP contribution in [0.3, 0.4) is 0 Å². The van der Waals surface area contributed by atoms with Crippen LogP contribution in [0.25, 0.3) is 22.0 Å². The van der Waals surface area contributed by atoms with Gasteiger partial charge in [0.15, 0.2) is 10.6 Å². The molecule has 0 bridgehead atoms. The Morgan fingerprint density at radius 3 is 3.00 bits per heavy atom. The molecule has 0 radical (unpaired) electrons. The van der Waals surface area contributed by atoms with Crippen molar-refractivity contribution in [2.75, 3.05) is 5.32 Å². The zero-order chi connectivity index (χ0) is 21.4. The van der Waals surface area contributed by atoms with Gasteiger partial charge >= 0.3 is 0 Å². The van der Waals surface area contributed by atoms with Crippen molar-refractivity contribution in [3.8, 4) is 22.0 Å². The van der Waals surface area contributed by atoms with Gasteiger partial charge in [-0.15, -0.1) is 11.3 Å². The second kappa shape index (κ2) is 8.24. The summed E-state index contributed by atoms with van der Waals surface area (Å²) in [5, 5.41) is 12.1. The van der Waals surface area contributed by atoms with Crippen LogP contribution in [0, 0.1) is 4.77 Å². The second-order valence-corrected chi connectivity index (χ2v) is 8.97. The molecule has 158 valence electrons. The van der Waals surface area contributed by atoms with Crippen molar-refractivity contribution in [3.63, 3.8) is 0 Å². The van der Waals surface area contributed by atoms with E-state index in [-0.39, 0.29) is 5.91 Å². The summed E-state index contributed by atoms with van der Waals surface area (Å²) in [7, 11) is 0. The maximum atomic E-state index is 13.1. The number of carbonyl (C=O) groups is 1. The number of nitrogens with one attached hydrogen (secondary N) is 2. The van der Waals surface area contributed by atoms with Crippen molar-refractivity contribution >= 4 is 35.1 Å². The fourth-order valence-electron chi connectivity index (χ4n) is 3.92. The normalized spacial score (nSPS) is 14.2. The molecule has 0 saturated heterocycles. The van der Waals surface area contributed by atoms with Crippen LogP contribution in [0.15, 0.2) is 48.0 Å². The van der Waals surface area contributed by atoms with E-state index in [1.165, 1.54) is 12.8 Å². The van der Waals surface area contributed by atoms with Gasteiger partial charge in [0.2, 0.25) is 5.91 Å². The van der Waals surface area contributed by atoms with Crippen molar-refractivity contribution in [2.24, 2.45) is 0 Å². The first-order valence-corrected chi connectivity index (χ1v) is 11.6. The summed E-state index contributed by atoms with van der Waals surface area (Å²) in [6.07, 6.45) is 5.51. The molecule has 1 aliphatic heterocycles. The number of aromatic nitrogens is 5. The Balaban J connectivity index is 1.38. The molecular formula is C22H22N6OS2. The molecule has 1 aromatic carbocycles. The van der Waals surface area contributed by atoms with Crippen LogP contribution in [-0.2, 0) is 17.8 Å². The summed E-state index contributed by atoms with van der Waals surface area (Å²) >= 11 is 6.95. The summed E-state index contributed by atoms with van der Waals surface area (Å²) < 4.78 is 4.41. The zero-order valence-corrected chi connectivity index (χ0v) is 18.7. The van der Waals surface area contributed by atoms with Gasteiger partial charge in [0, 0.05) is 30.4 Å². The predicted octanol–water partition coefficient (Wildman–Crippen LogP) is 5.07. The van der Waals surface area contributed by atoms with Gasteiger partial charge in [-0.25, -0.2) is 4.98 Å². The van der Waals surface area contributed by atoms with Gasteiger partial charge in [-0.3, -0.25) is 14.5 Å². The van der Waals surface area contributed by atoms with E-state index in [9.17, 15) is 4.79 Å². The topological polar surface area (TPSA) is 80.5 Å². The van der Waals surface area contributed by atoms with Crippen molar-refractivity contribution in [1.29, 1.82) is 0 Å². The number of benzene rings is 1. The molecule has 7 nitrogen and oxygen atoms in total. The number of thiophene rings is 1. The SMILES string of the molecule is CC(C(=O)Nc1cccc(-c2cn3c(n2)CCCC3)c1)n1c(-c2cccs2)n[nH]c1=S. The van der Waals surface area contributed by atoms with Crippen molar-refractivity contribution < 1.29 is 4.79 Å². The molecule has 31 heavy (non-hydrogen) atoms. The van der Waals surface area contributed by atoms with Crippen LogP contribution in [0.5, 0.6) is 0 Å². The quantitative estimate of drug-likeness (QED) is 0.416. The highest BCUT2D eigenvalue weighted by atomic mass is 32.1. The monoisotopic (exact) mass is 450 g/mol. The maximum absolute atomic E-state index is 13.1. The molecule has 9 heteroatoms. The first kappa shape index (κ1) is 19.9. The van der Waals surface area contributed by atoms with E-state index >= 15 is 0 Å². The number of amides is 1. The summed E-state index contributed by atoms with van der Waals surface area (Å²) in [5.41, 5.74) is 2.66. The molecule has 0 spiro atoms. The molecule has 4 heterocycles. The van der Waals surface area contributed by atoms with Crippen LogP contribution < -0.4 is 5.32 Å². The van der Waals surface area contributed by atoms with Crippen molar-refractivity contribution in [2.45, 2.75) is 38.8 Å². The molecule has 4 aromatic rings. The number of aryl methyl sites for hydroxylation is 2.